The number of aryl methyl sites for hydroxylation is 1. The molecule has 0 saturated heterocycles. The minimum atomic E-state index is -0.316. The van der Waals surface area contributed by atoms with E-state index < -0.39 is 0 Å². The molecule has 30 heavy (non-hydrogen) atoms. The van der Waals surface area contributed by atoms with Gasteiger partial charge in [0.15, 0.2) is 0 Å². The fourth-order valence-electron chi connectivity index (χ4n) is 2.65. The third-order valence-corrected chi connectivity index (χ3v) is 5.88. The fourth-order valence-corrected chi connectivity index (χ4v) is 4.16. The van der Waals surface area contributed by atoms with Gasteiger partial charge in [-0.2, -0.15) is 0 Å². The molecule has 156 valence electrons. The lowest BCUT2D eigenvalue weighted by molar-refractivity contribution is 0.102. The van der Waals surface area contributed by atoms with E-state index in [1.54, 1.807) is 59.5 Å². The molecule has 1 heterocycles. The Morgan fingerprint density at radius 2 is 1.70 bits per heavy atom. The van der Waals surface area contributed by atoms with Crippen LogP contribution in [0.15, 0.2) is 58.8 Å². The molecule has 0 unspecified atom stereocenters. The van der Waals surface area contributed by atoms with Gasteiger partial charge in [0.1, 0.15) is 0 Å². The van der Waals surface area contributed by atoms with Gasteiger partial charge < -0.3 is 16.0 Å². The highest BCUT2D eigenvalue weighted by atomic mass is 32.2. The quantitative estimate of drug-likeness (QED) is 0.422. The van der Waals surface area contributed by atoms with Crippen molar-refractivity contribution in [1.29, 1.82) is 0 Å². The molecule has 0 bridgehead atoms. The summed E-state index contributed by atoms with van der Waals surface area (Å²) in [6.07, 6.45) is 0. The summed E-state index contributed by atoms with van der Waals surface area (Å²) in [7, 11) is 0. The molecule has 0 radical (unpaired) electrons. The molecule has 6 nitrogen and oxygen atoms in total. The summed E-state index contributed by atoms with van der Waals surface area (Å²) in [5.74, 6) is 0.563. The maximum Gasteiger partial charge on any atom is 0.319 e. The fraction of sp³-hybridized carbons (Fsp3) is 0.227. The number of hydrogen-bond acceptors (Lipinski definition) is 5. The first-order valence-corrected chi connectivity index (χ1v) is 11.4. The number of carbonyl (C=O) groups is 2. The number of nitrogens with one attached hydrogen (secondary N) is 3. The number of benzene rings is 2. The molecule has 3 rings (SSSR count). The van der Waals surface area contributed by atoms with E-state index in [-0.39, 0.29) is 18.0 Å². The summed E-state index contributed by atoms with van der Waals surface area (Å²) in [4.78, 5) is 30.2. The van der Waals surface area contributed by atoms with Crippen molar-refractivity contribution >= 4 is 46.4 Å². The minimum absolute atomic E-state index is 0.0164. The van der Waals surface area contributed by atoms with Crippen molar-refractivity contribution in [3.8, 4) is 0 Å². The Balaban J connectivity index is 1.61. The van der Waals surface area contributed by atoms with Crippen LogP contribution in [0, 0.1) is 6.92 Å². The third kappa shape index (κ3) is 6.33. The summed E-state index contributed by atoms with van der Waals surface area (Å²) >= 11 is 3.33. The molecule has 0 aliphatic heterocycles. The average Bonchev–Trinajstić information content (AvgIpc) is 3.13. The van der Waals surface area contributed by atoms with Crippen molar-refractivity contribution in [2.24, 2.45) is 0 Å². The normalized spacial score (nSPS) is 10.7. The first-order valence-electron chi connectivity index (χ1n) is 9.52. The Morgan fingerprint density at radius 1 is 1.03 bits per heavy atom. The number of carbonyl (C=O) groups excluding carboxylic acids is 2. The van der Waals surface area contributed by atoms with Crippen LogP contribution in [0.1, 0.15) is 34.9 Å². The number of hydrogen-bond donors (Lipinski definition) is 3. The van der Waals surface area contributed by atoms with Crippen molar-refractivity contribution < 1.29 is 9.59 Å². The summed E-state index contributed by atoms with van der Waals surface area (Å²) in [5.41, 5.74) is 2.69. The van der Waals surface area contributed by atoms with Gasteiger partial charge in [0.2, 0.25) is 0 Å². The number of amides is 3. The number of anilines is 2. The lowest BCUT2D eigenvalue weighted by Gasteiger charge is -2.14. The largest absolute Gasteiger partial charge is 0.336 e. The number of thiazole rings is 1. The standard InChI is InChI=1S/C22H24N4O2S2/c1-14(2)23-22(28)26-20-7-5-4-6-19(20)25-21(27)16-8-10-18(11-9-16)30-13-17-12-29-15(3)24-17/h4-12,14H,13H2,1-3H3,(H,25,27)(H2,23,26,28). The highest BCUT2D eigenvalue weighted by molar-refractivity contribution is 7.98. The van der Waals surface area contributed by atoms with Crippen LogP contribution in [0.3, 0.4) is 0 Å². The topological polar surface area (TPSA) is 83.1 Å². The second-order valence-electron chi connectivity index (χ2n) is 6.92. The van der Waals surface area contributed by atoms with Crippen LogP contribution in [0.25, 0.3) is 0 Å². The second-order valence-corrected chi connectivity index (χ2v) is 9.03. The van der Waals surface area contributed by atoms with E-state index in [1.165, 1.54) is 0 Å². The average molecular weight is 441 g/mol. The maximum atomic E-state index is 12.7. The number of nitrogens with zero attached hydrogens (tertiary/aromatic N) is 1. The van der Waals surface area contributed by atoms with Crippen molar-refractivity contribution in [3.63, 3.8) is 0 Å². The summed E-state index contributed by atoms with van der Waals surface area (Å²) in [5, 5.41) is 11.5. The molecule has 8 heteroatoms. The molecule has 3 amide bonds. The van der Waals surface area contributed by atoms with E-state index in [0.717, 1.165) is 21.3 Å². The van der Waals surface area contributed by atoms with Crippen LogP contribution < -0.4 is 16.0 Å². The van der Waals surface area contributed by atoms with Crippen molar-refractivity contribution in [1.82, 2.24) is 10.3 Å². The predicted molar refractivity (Wildman–Crippen MR) is 125 cm³/mol. The van der Waals surface area contributed by atoms with Crippen molar-refractivity contribution in [3.05, 3.63) is 70.2 Å². The molecule has 0 atom stereocenters. The molecular weight excluding hydrogens is 416 g/mol. The zero-order valence-electron chi connectivity index (χ0n) is 17.1. The monoisotopic (exact) mass is 440 g/mol. The smallest absolute Gasteiger partial charge is 0.319 e. The third-order valence-electron chi connectivity index (χ3n) is 4.01. The molecular formula is C22H24N4O2S2. The van der Waals surface area contributed by atoms with Crippen molar-refractivity contribution in [2.45, 2.75) is 37.5 Å². The van der Waals surface area contributed by atoms with Crippen LogP contribution in [0.5, 0.6) is 0 Å². The Kier molecular flexibility index (Phi) is 7.48. The number of rotatable bonds is 7. The lowest BCUT2D eigenvalue weighted by Crippen LogP contribution is -2.34. The van der Waals surface area contributed by atoms with Gasteiger partial charge >= 0.3 is 6.03 Å². The van der Waals surface area contributed by atoms with Crippen LogP contribution in [-0.4, -0.2) is 23.0 Å². The highest BCUT2D eigenvalue weighted by Gasteiger charge is 2.11. The van der Waals surface area contributed by atoms with E-state index in [0.29, 0.717) is 16.9 Å². The van der Waals surface area contributed by atoms with E-state index in [9.17, 15) is 9.59 Å². The van der Waals surface area contributed by atoms with E-state index >= 15 is 0 Å². The summed E-state index contributed by atoms with van der Waals surface area (Å²) in [6.45, 7) is 5.76. The first kappa shape index (κ1) is 21.9. The molecule has 0 aliphatic rings. The van der Waals surface area contributed by atoms with Crippen LogP contribution in [0.4, 0.5) is 16.2 Å². The van der Waals surface area contributed by atoms with E-state index in [2.05, 4.69) is 26.3 Å². The van der Waals surface area contributed by atoms with Gasteiger partial charge in [-0.25, -0.2) is 9.78 Å². The van der Waals surface area contributed by atoms with Gasteiger partial charge in [0.05, 0.1) is 22.1 Å². The van der Waals surface area contributed by atoms with Gasteiger partial charge in [0, 0.05) is 27.6 Å². The molecule has 2 aromatic carbocycles. The lowest BCUT2D eigenvalue weighted by atomic mass is 10.2. The van der Waals surface area contributed by atoms with E-state index in [4.69, 9.17) is 0 Å². The summed E-state index contributed by atoms with van der Waals surface area (Å²) < 4.78 is 0. The Hall–Kier alpha value is -2.84. The Bertz CT molecular complexity index is 1020. The molecule has 3 N–H and O–H groups in total. The number of urea groups is 1. The molecule has 0 aliphatic carbocycles. The van der Waals surface area contributed by atoms with Crippen LogP contribution >= 0.6 is 23.1 Å². The van der Waals surface area contributed by atoms with Gasteiger partial charge in [-0.15, -0.1) is 23.1 Å². The molecule has 0 spiro atoms. The van der Waals surface area contributed by atoms with E-state index in [1.807, 2.05) is 32.9 Å². The molecule has 1 aromatic heterocycles. The summed E-state index contributed by atoms with van der Waals surface area (Å²) in [6, 6.07) is 14.3. The Labute approximate surface area is 184 Å². The van der Waals surface area contributed by atoms with Gasteiger partial charge in [-0.05, 0) is 57.2 Å². The maximum absolute atomic E-state index is 12.7. The second kappa shape index (κ2) is 10.3. The molecule has 0 saturated carbocycles. The van der Waals surface area contributed by atoms with Crippen molar-refractivity contribution in [2.75, 3.05) is 10.6 Å². The SMILES string of the molecule is Cc1nc(CSc2ccc(C(=O)Nc3ccccc3NC(=O)NC(C)C)cc2)cs1. The Morgan fingerprint density at radius 3 is 2.30 bits per heavy atom. The molecule has 0 fully saturated rings. The predicted octanol–water partition coefficient (Wildman–Crippen LogP) is 5.53. The molecule has 3 aromatic rings. The highest BCUT2D eigenvalue weighted by Crippen LogP contribution is 2.25. The minimum Gasteiger partial charge on any atom is -0.336 e. The van der Waals surface area contributed by atoms with Crippen LogP contribution in [0.2, 0.25) is 0 Å². The number of thioether (sulfide) groups is 1. The van der Waals surface area contributed by atoms with Gasteiger partial charge in [0.25, 0.3) is 5.91 Å². The number of para-hydroxylation sites is 2. The van der Waals surface area contributed by atoms with Gasteiger partial charge in [-0.1, -0.05) is 12.1 Å². The first-order chi connectivity index (χ1) is 14.4. The number of aromatic nitrogens is 1. The zero-order chi connectivity index (χ0) is 21.5. The zero-order valence-corrected chi connectivity index (χ0v) is 18.7. The van der Waals surface area contributed by atoms with Gasteiger partial charge in [-0.3, -0.25) is 4.79 Å². The van der Waals surface area contributed by atoms with Crippen LogP contribution in [-0.2, 0) is 5.75 Å².